The zero-order valence-electron chi connectivity index (χ0n) is 28.5. The molecule has 0 saturated carbocycles. The van der Waals surface area contributed by atoms with Gasteiger partial charge in [0, 0.05) is 44.0 Å². The van der Waals surface area contributed by atoms with E-state index in [9.17, 15) is 0 Å². The average molecular weight is 663 g/mol. The number of para-hydroxylation sites is 2. The molecule has 2 nitrogen and oxygen atoms in total. The van der Waals surface area contributed by atoms with Crippen molar-refractivity contribution >= 4 is 32.6 Å². The molecule has 0 N–H and O–H groups in total. The molecule has 0 aliphatic carbocycles. The minimum absolute atomic E-state index is 1.13. The predicted octanol–water partition coefficient (Wildman–Crippen LogP) is 13.4. The highest BCUT2D eigenvalue weighted by atomic mass is 15.0. The SMILES string of the molecule is c1ccc(-c2c(-c3ccccc3)n(-c3ccccc3)c3c2ccc2c3ccc3c(-c4ccccc4)c(-c4ccccc4)n(-c4ccccc4)c32)cc1. The molecule has 0 aliphatic rings. The van der Waals surface area contributed by atoms with Crippen LogP contribution in [0.5, 0.6) is 0 Å². The maximum absolute atomic E-state index is 2.49. The van der Waals surface area contributed by atoms with Crippen molar-refractivity contribution in [3.8, 4) is 56.1 Å². The molecule has 10 rings (SSSR count). The summed E-state index contributed by atoms with van der Waals surface area (Å²) >= 11 is 0. The summed E-state index contributed by atoms with van der Waals surface area (Å²) in [5.41, 5.74) is 14.3. The molecule has 2 heteroatoms. The summed E-state index contributed by atoms with van der Waals surface area (Å²) in [6, 6.07) is 74.5. The van der Waals surface area contributed by atoms with Crippen LogP contribution in [0.1, 0.15) is 0 Å². The number of benzene rings is 8. The predicted molar refractivity (Wildman–Crippen MR) is 219 cm³/mol. The maximum Gasteiger partial charge on any atom is 0.0620 e. The second-order valence-corrected chi connectivity index (χ2v) is 13.3. The lowest BCUT2D eigenvalue weighted by atomic mass is 9.95. The lowest BCUT2D eigenvalue weighted by Crippen LogP contribution is -1.99. The molecule has 2 aromatic heterocycles. The van der Waals surface area contributed by atoms with Crippen molar-refractivity contribution in [2.24, 2.45) is 0 Å². The van der Waals surface area contributed by atoms with Crippen LogP contribution in [-0.2, 0) is 0 Å². The van der Waals surface area contributed by atoms with Crippen molar-refractivity contribution in [3.05, 3.63) is 206 Å². The molecule has 0 spiro atoms. The Morgan fingerprint density at radius 1 is 0.231 bits per heavy atom. The summed E-state index contributed by atoms with van der Waals surface area (Å²) in [5.74, 6) is 0. The van der Waals surface area contributed by atoms with Gasteiger partial charge in [0.25, 0.3) is 0 Å². The summed E-state index contributed by atoms with van der Waals surface area (Å²) in [5, 5.41) is 4.87. The second kappa shape index (κ2) is 12.5. The van der Waals surface area contributed by atoms with Crippen LogP contribution >= 0.6 is 0 Å². The molecule has 0 bridgehead atoms. The molecule has 0 saturated heterocycles. The van der Waals surface area contributed by atoms with E-state index in [0.29, 0.717) is 0 Å². The first-order chi connectivity index (χ1) is 25.9. The Labute approximate surface area is 303 Å². The zero-order chi connectivity index (χ0) is 34.4. The monoisotopic (exact) mass is 662 g/mol. The lowest BCUT2D eigenvalue weighted by Gasteiger charge is -2.15. The van der Waals surface area contributed by atoms with E-state index in [0.717, 1.165) is 11.4 Å². The number of nitrogens with zero attached hydrogens (tertiary/aromatic N) is 2. The van der Waals surface area contributed by atoms with Crippen LogP contribution < -0.4 is 0 Å². The van der Waals surface area contributed by atoms with Crippen LogP contribution in [0.2, 0.25) is 0 Å². The average Bonchev–Trinajstić information content (AvgIpc) is 3.77. The normalized spacial score (nSPS) is 11.5. The highest BCUT2D eigenvalue weighted by Gasteiger charge is 2.26. The summed E-state index contributed by atoms with van der Waals surface area (Å²) in [7, 11) is 0. The van der Waals surface area contributed by atoms with Crippen molar-refractivity contribution in [1.29, 1.82) is 0 Å². The van der Waals surface area contributed by atoms with E-state index in [-0.39, 0.29) is 0 Å². The summed E-state index contributed by atoms with van der Waals surface area (Å²) in [4.78, 5) is 0. The second-order valence-electron chi connectivity index (χ2n) is 13.3. The van der Waals surface area contributed by atoms with Crippen LogP contribution in [0, 0.1) is 0 Å². The van der Waals surface area contributed by atoms with E-state index < -0.39 is 0 Å². The number of rotatable bonds is 6. The third kappa shape index (κ3) is 4.73. The van der Waals surface area contributed by atoms with Crippen LogP contribution in [-0.4, -0.2) is 9.13 Å². The van der Waals surface area contributed by atoms with Gasteiger partial charge in [-0.3, -0.25) is 0 Å². The van der Waals surface area contributed by atoms with Gasteiger partial charge in [-0.05, 0) is 46.5 Å². The Balaban J connectivity index is 1.43. The van der Waals surface area contributed by atoms with Crippen molar-refractivity contribution in [2.75, 3.05) is 0 Å². The Hall–Kier alpha value is -6.90. The molecule has 0 fully saturated rings. The topological polar surface area (TPSA) is 9.86 Å². The molecule has 52 heavy (non-hydrogen) atoms. The van der Waals surface area contributed by atoms with E-state index in [2.05, 4.69) is 215 Å². The van der Waals surface area contributed by atoms with E-state index >= 15 is 0 Å². The molecule has 10 aromatic rings. The molecule has 0 unspecified atom stereocenters. The van der Waals surface area contributed by atoms with Crippen molar-refractivity contribution in [3.63, 3.8) is 0 Å². The van der Waals surface area contributed by atoms with Gasteiger partial charge in [-0.1, -0.05) is 182 Å². The van der Waals surface area contributed by atoms with Gasteiger partial charge in [-0.2, -0.15) is 0 Å². The standard InChI is InChI=1S/C50H34N2/c1-7-19-35(20-8-1)45-43-33-31-42-41(49(43)51(39-27-15-5-16-28-39)47(45)37-23-11-3-12-24-37)32-34-44-46(36-21-9-2-10-22-36)48(38-25-13-4-14-26-38)52(50(42)44)40-29-17-6-18-30-40/h1-34H. The van der Waals surface area contributed by atoms with Crippen molar-refractivity contribution in [1.82, 2.24) is 9.13 Å². The van der Waals surface area contributed by atoms with Gasteiger partial charge in [0.05, 0.1) is 22.4 Å². The summed E-state index contributed by atoms with van der Waals surface area (Å²) in [6.07, 6.45) is 0. The molecule has 0 radical (unpaired) electrons. The molecule has 0 amide bonds. The van der Waals surface area contributed by atoms with Gasteiger partial charge in [-0.25, -0.2) is 0 Å². The Kier molecular flexibility index (Phi) is 7.18. The summed E-state index contributed by atoms with van der Waals surface area (Å²) in [6.45, 7) is 0. The minimum atomic E-state index is 1.13. The maximum atomic E-state index is 2.49. The van der Waals surface area contributed by atoms with E-state index in [4.69, 9.17) is 0 Å². The molecule has 2 heterocycles. The third-order valence-electron chi connectivity index (χ3n) is 10.3. The lowest BCUT2D eigenvalue weighted by molar-refractivity contribution is 1.14. The van der Waals surface area contributed by atoms with Crippen molar-refractivity contribution < 1.29 is 0 Å². The first kappa shape index (κ1) is 30.0. The van der Waals surface area contributed by atoms with Crippen LogP contribution in [0.3, 0.4) is 0 Å². The Morgan fingerprint density at radius 2 is 0.500 bits per heavy atom. The summed E-state index contributed by atoms with van der Waals surface area (Å²) < 4.78 is 4.99. The zero-order valence-corrected chi connectivity index (χ0v) is 28.5. The molecule has 0 atom stereocenters. The van der Waals surface area contributed by atoms with Crippen molar-refractivity contribution in [2.45, 2.75) is 0 Å². The quantitative estimate of drug-likeness (QED) is 0.168. The van der Waals surface area contributed by atoms with Crippen LogP contribution in [0.15, 0.2) is 206 Å². The highest BCUT2D eigenvalue weighted by Crippen LogP contribution is 2.49. The number of hydrogen-bond acceptors (Lipinski definition) is 0. The number of fused-ring (bicyclic) bond motifs is 5. The molecule has 244 valence electrons. The van der Waals surface area contributed by atoms with E-state index in [1.165, 1.54) is 77.3 Å². The largest absolute Gasteiger partial charge is 0.308 e. The molecular weight excluding hydrogens is 629 g/mol. The van der Waals surface area contributed by atoms with Gasteiger partial charge >= 0.3 is 0 Å². The van der Waals surface area contributed by atoms with Gasteiger partial charge < -0.3 is 9.13 Å². The van der Waals surface area contributed by atoms with Gasteiger partial charge in [0.1, 0.15) is 0 Å². The van der Waals surface area contributed by atoms with E-state index in [1.54, 1.807) is 0 Å². The third-order valence-corrected chi connectivity index (χ3v) is 10.3. The number of hydrogen-bond donors (Lipinski definition) is 0. The minimum Gasteiger partial charge on any atom is -0.308 e. The van der Waals surface area contributed by atoms with Gasteiger partial charge in [0.15, 0.2) is 0 Å². The molecule has 8 aromatic carbocycles. The highest BCUT2D eigenvalue weighted by molar-refractivity contribution is 6.24. The van der Waals surface area contributed by atoms with E-state index in [1.807, 2.05) is 0 Å². The van der Waals surface area contributed by atoms with Gasteiger partial charge in [0.2, 0.25) is 0 Å². The van der Waals surface area contributed by atoms with Crippen LogP contribution in [0.25, 0.3) is 88.7 Å². The Bertz CT molecular complexity index is 2640. The van der Waals surface area contributed by atoms with Crippen LogP contribution in [0.4, 0.5) is 0 Å². The van der Waals surface area contributed by atoms with Gasteiger partial charge in [-0.15, -0.1) is 0 Å². The fraction of sp³-hybridized carbons (Fsp3) is 0. The molecular formula is C50H34N2. The Morgan fingerprint density at radius 3 is 0.827 bits per heavy atom. The smallest absolute Gasteiger partial charge is 0.0620 e. The molecule has 0 aliphatic heterocycles. The number of aromatic nitrogens is 2. The first-order valence-electron chi connectivity index (χ1n) is 17.9. The fourth-order valence-electron chi connectivity index (χ4n) is 8.17. The fourth-order valence-corrected chi connectivity index (χ4v) is 8.17. The first-order valence-corrected chi connectivity index (χ1v) is 17.9.